The van der Waals surface area contributed by atoms with Gasteiger partial charge in [-0.05, 0) is 18.4 Å². The Bertz CT molecular complexity index is 1070. The highest BCUT2D eigenvalue weighted by atomic mass is 32.2. The summed E-state index contributed by atoms with van der Waals surface area (Å²) in [6.45, 7) is 4.61. The van der Waals surface area contributed by atoms with Gasteiger partial charge in [0.05, 0.1) is 0 Å². The lowest BCUT2D eigenvalue weighted by molar-refractivity contribution is -0.130. The van der Waals surface area contributed by atoms with E-state index in [9.17, 15) is 30.7 Å². The monoisotopic (exact) mass is 372 g/mol. The van der Waals surface area contributed by atoms with Crippen LogP contribution in [0.5, 0.6) is 5.75 Å². The molecule has 0 heterocycles. The van der Waals surface area contributed by atoms with Gasteiger partial charge in [0, 0.05) is 11.0 Å². The molecule has 0 aromatic heterocycles. The van der Waals surface area contributed by atoms with Gasteiger partial charge in [-0.25, -0.2) is 4.79 Å². The Hall–Kier alpha value is -2.27. The molecule has 0 unspecified atom stereocenters. The predicted molar refractivity (Wildman–Crippen MR) is 84.0 cm³/mol. The van der Waals surface area contributed by atoms with Gasteiger partial charge in [0.25, 0.3) is 20.2 Å². The molecule has 0 radical (unpaired) electrons. The molecule has 0 saturated heterocycles. The van der Waals surface area contributed by atoms with E-state index in [-0.39, 0.29) is 16.3 Å². The highest BCUT2D eigenvalue weighted by Crippen LogP contribution is 2.37. The van der Waals surface area contributed by atoms with Gasteiger partial charge in [0.15, 0.2) is 10.6 Å². The van der Waals surface area contributed by atoms with E-state index in [1.165, 1.54) is 31.2 Å². The molecule has 10 heteroatoms. The molecule has 0 bridgehead atoms. The van der Waals surface area contributed by atoms with Gasteiger partial charge in [-0.2, -0.15) is 16.8 Å². The van der Waals surface area contributed by atoms with Gasteiger partial charge in [0.2, 0.25) is 0 Å². The van der Waals surface area contributed by atoms with E-state index in [4.69, 9.17) is 4.74 Å². The summed E-state index contributed by atoms with van der Waals surface area (Å²) in [7, 11) is -10.2. The van der Waals surface area contributed by atoms with Crippen LogP contribution in [0.4, 0.5) is 0 Å². The lowest BCUT2D eigenvalue weighted by Gasteiger charge is -2.14. The summed E-state index contributed by atoms with van der Waals surface area (Å²) in [5, 5.41) is 0.00443. The fourth-order valence-electron chi connectivity index (χ4n) is 2.03. The van der Waals surface area contributed by atoms with Crippen LogP contribution in [0.1, 0.15) is 6.92 Å². The first-order valence-corrected chi connectivity index (χ1v) is 9.19. The fraction of sp³-hybridized carbons (Fsp3) is 0.0714. The maximum absolute atomic E-state index is 11.7. The van der Waals surface area contributed by atoms with E-state index in [0.29, 0.717) is 0 Å². The van der Waals surface area contributed by atoms with E-state index in [0.717, 1.165) is 6.07 Å². The van der Waals surface area contributed by atoms with Gasteiger partial charge < -0.3 is 4.74 Å². The van der Waals surface area contributed by atoms with Crippen LogP contribution >= 0.6 is 0 Å². The van der Waals surface area contributed by atoms with Crippen LogP contribution in [0.2, 0.25) is 0 Å². The summed E-state index contributed by atoms with van der Waals surface area (Å²) in [6.07, 6.45) is 0. The van der Waals surface area contributed by atoms with Crippen molar-refractivity contribution in [1.29, 1.82) is 0 Å². The van der Waals surface area contributed by atoms with Crippen molar-refractivity contribution >= 4 is 37.0 Å². The molecule has 2 rings (SSSR count). The molecule has 0 aliphatic carbocycles. The van der Waals surface area contributed by atoms with Crippen LogP contribution in [0.15, 0.2) is 52.3 Å². The number of hydrogen-bond acceptors (Lipinski definition) is 6. The van der Waals surface area contributed by atoms with Crippen molar-refractivity contribution in [3.8, 4) is 5.75 Å². The Morgan fingerprint density at radius 1 is 1.04 bits per heavy atom. The average molecular weight is 372 g/mol. The highest BCUT2D eigenvalue weighted by molar-refractivity contribution is 7.89. The SMILES string of the molecule is C=C(C)C(=O)Oc1cc2ccccc2c(S(=O)(=O)O)c1S(=O)(=O)O. The molecule has 2 aromatic rings. The van der Waals surface area contributed by atoms with Crippen molar-refractivity contribution in [3.05, 3.63) is 42.5 Å². The zero-order valence-electron chi connectivity index (χ0n) is 12.3. The third kappa shape index (κ3) is 3.46. The number of rotatable bonds is 4. The average Bonchev–Trinajstić information content (AvgIpc) is 2.43. The highest BCUT2D eigenvalue weighted by Gasteiger charge is 2.32. The molecule has 128 valence electrons. The summed E-state index contributed by atoms with van der Waals surface area (Å²) < 4.78 is 70.5. The zero-order valence-corrected chi connectivity index (χ0v) is 13.9. The Labute approximate surface area is 137 Å². The Kier molecular flexibility index (Phi) is 4.50. The summed E-state index contributed by atoms with van der Waals surface area (Å²) in [5.41, 5.74) is -0.0853. The molecule has 0 aliphatic heterocycles. The van der Waals surface area contributed by atoms with Crippen molar-refractivity contribution < 1.29 is 35.5 Å². The molecule has 0 saturated carbocycles. The molecular weight excluding hydrogens is 360 g/mol. The van der Waals surface area contributed by atoms with E-state index in [1.807, 2.05) is 0 Å². The Balaban J connectivity index is 3.03. The first-order chi connectivity index (χ1) is 10.9. The maximum Gasteiger partial charge on any atom is 0.338 e. The number of hydrogen-bond donors (Lipinski definition) is 2. The summed E-state index contributed by atoms with van der Waals surface area (Å²) in [5.74, 6) is -1.77. The van der Waals surface area contributed by atoms with Crippen molar-refractivity contribution in [2.75, 3.05) is 0 Å². The molecular formula is C14H12O8S2. The zero-order chi connectivity index (χ0) is 18.3. The molecule has 0 spiro atoms. The normalized spacial score (nSPS) is 12.1. The van der Waals surface area contributed by atoms with E-state index in [2.05, 4.69) is 6.58 Å². The number of esters is 1. The van der Waals surface area contributed by atoms with Crippen molar-refractivity contribution in [2.24, 2.45) is 0 Å². The summed E-state index contributed by atoms with van der Waals surface area (Å²) in [4.78, 5) is 9.38. The smallest absolute Gasteiger partial charge is 0.338 e. The fourth-order valence-corrected chi connectivity index (χ4v) is 4.16. The van der Waals surface area contributed by atoms with Gasteiger partial charge in [-0.3, -0.25) is 9.11 Å². The predicted octanol–water partition coefficient (Wildman–Crippen LogP) is 1.81. The minimum absolute atomic E-state index is 0.0853. The Morgan fingerprint density at radius 2 is 1.58 bits per heavy atom. The first-order valence-electron chi connectivity index (χ1n) is 6.31. The molecule has 0 atom stereocenters. The molecule has 24 heavy (non-hydrogen) atoms. The van der Waals surface area contributed by atoms with Crippen LogP contribution in [0.3, 0.4) is 0 Å². The standard InChI is InChI=1S/C14H12O8S2/c1-8(2)14(15)22-11-7-9-5-3-4-6-10(9)12(23(16,17)18)13(11)24(19,20)21/h3-7H,1H2,2H3,(H,16,17,18)(H,19,20,21). The minimum atomic E-state index is -5.16. The lowest BCUT2D eigenvalue weighted by Crippen LogP contribution is -2.15. The van der Waals surface area contributed by atoms with Gasteiger partial charge in [0.1, 0.15) is 4.90 Å². The van der Waals surface area contributed by atoms with Crippen LogP contribution < -0.4 is 4.74 Å². The third-order valence-corrected chi connectivity index (χ3v) is 4.98. The quantitative estimate of drug-likeness (QED) is 0.359. The van der Waals surface area contributed by atoms with Crippen molar-refractivity contribution in [2.45, 2.75) is 16.7 Å². The van der Waals surface area contributed by atoms with Crippen molar-refractivity contribution in [1.82, 2.24) is 0 Å². The number of carbonyl (C=O) groups excluding carboxylic acids is 1. The molecule has 8 nitrogen and oxygen atoms in total. The van der Waals surface area contributed by atoms with E-state index < -0.39 is 41.7 Å². The Morgan fingerprint density at radius 3 is 2.08 bits per heavy atom. The second-order valence-electron chi connectivity index (χ2n) is 4.87. The maximum atomic E-state index is 11.7. The summed E-state index contributed by atoms with van der Waals surface area (Å²) in [6, 6.07) is 6.64. The number of benzene rings is 2. The van der Waals surface area contributed by atoms with Crippen molar-refractivity contribution in [3.63, 3.8) is 0 Å². The second-order valence-corrected chi connectivity index (χ2v) is 7.59. The number of ether oxygens (including phenoxy) is 1. The largest absolute Gasteiger partial charge is 0.422 e. The third-order valence-electron chi connectivity index (χ3n) is 2.99. The van der Waals surface area contributed by atoms with E-state index in [1.54, 1.807) is 0 Å². The second kappa shape index (κ2) is 5.98. The molecule has 2 aromatic carbocycles. The van der Waals surface area contributed by atoms with Crippen LogP contribution in [-0.2, 0) is 25.0 Å². The van der Waals surface area contributed by atoms with Gasteiger partial charge in [-0.1, -0.05) is 30.8 Å². The van der Waals surface area contributed by atoms with E-state index >= 15 is 0 Å². The molecule has 0 aliphatic rings. The van der Waals surface area contributed by atoms with Crippen LogP contribution in [0.25, 0.3) is 10.8 Å². The van der Waals surface area contributed by atoms with Crippen LogP contribution in [0, 0.1) is 0 Å². The molecule has 2 N–H and O–H groups in total. The van der Waals surface area contributed by atoms with Gasteiger partial charge in [-0.15, -0.1) is 0 Å². The molecule has 0 amide bonds. The van der Waals surface area contributed by atoms with Crippen LogP contribution in [-0.4, -0.2) is 31.9 Å². The number of carbonyl (C=O) groups is 1. The van der Waals surface area contributed by atoms with Gasteiger partial charge >= 0.3 is 5.97 Å². The molecule has 0 fully saturated rings. The minimum Gasteiger partial charge on any atom is -0.422 e. The summed E-state index contributed by atoms with van der Waals surface area (Å²) >= 11 is 0. The topological polar surface area (TPSA) is 135 Å². The number of fused-ring (bicyclic) bond motifs is 1. The lowest BCUT2D eigenvalue weighted by atomic mass is 10.1. The first kappa shape index (κ1) is 18.1.